The molecule has 0 saturated heterocycles. The number of rotatable bonds is 6. The van der Waals surface area contributed by atoms with E-state index in [0.29, 0.717) is 28.6 Å². The molecule has 0 spiro atoms. The number of amides is 1. The molecule has 1 heterocycles. The minimum absolute atomic E-state index is 0.0648. The number of anilines is 1. The summed E-state index contributed by atoms with van der Waals surface area (Å²) in [4.78, 5) is 15.2. The Morgan fingerprint density at radius 2 is 1.65 bits per heavy atom. The molecule has 7 heteroatoms. The lowest BCUT2D eigenvalue weighted by Crippen LogP contribution is -2.26. The molecule has 0 radical (unpaired) electrons. The maximum atomic E-state index is 13.5. The minimum Gasteiger partial charge on any atom is -0.497 e. The summed E-state index contributed by atoms with van der Waals surface area (Å²) >= 11 is 4.48. The average Bonchev–Trinajstić information content (AvgIpc) is 3.11. The second-order valence-corrected chi connectivity index (χ2v) is 8.43. The highest BCUT2D eigenvalue weighted by Gasteiger charge is 2.33. The average molecular weight is 454 g/mol. The van der Waals surface area contributed by atoms with Crippen molar-refractivity contribution in [1.29, 1.82) is 0 Å². The summed E-state index contributed by atoms with van der Waals surface area (Å²) in [6, 6.07) is 22.0. The van der Waals surface area contributed by atoms with Gasteiger partial charge < -0.3 is 14.2 Å². The van der Waals surface area contributed by atoms with Gasteiger partial charge in [0.2, 0.25) is 0 Å². The molecule has 1 atom stereocenters. The number of carbonyl (C=O) groups is 1. The van der Waals surface area contributed by atoms with Crippen LogP contribution in [0.25, 0.3) is 11.1 Å². The van der Waals surface area contributed by atoms with E-state index in [0.717, 1.165) is 22.3 Å². The van der Waals surface area contributed by atoms with E-state index in [2.05, 4.69) is 0 Å². The number of hydrogen-bond acceptors (Lipinski definition) is 3. The molecule has 1 aliphatic rings. The van der Waals surface area contributed by atoms with Crippen molar-refractivity contribution in [3.05, 3.63) is 94.5 Å². The number of ether oxygens (including phenoxy) is 1. The van der Waals surface area contributed by atoms with Gasteiger partial charge in [-0.05, 0) is 46.5 Å². The van der Waals surface area contributed by atoms with E-state index >= 15 is 0 Å². The predicted octanol–water partition coefficient (Wildman–Crippen LogP) is 5.03. The number of hydrogen-bond donors (Lipinski definition) is 1. The molecule has 31 heavy (non-hydrogen) atoms. The van der Waals surface area contributed by atoms with Gasteiger partial charge in [0.05, 0.1) is 35.7 Å². The van der Waals surface area contributed by atoms with Crippen LogP contribution >= 0.6 is 11.6 Å². The van der Waals surface area contributed by atoms with Crippen molar-refractivity contribution in [2.45, 2.75) is 5.75 Å². The van der Waals surface area contributed by atoms with Gasteiger partial charge in [0, 0.05) is 0 Å². The number of para-hydroxylation sites is 1. The number of carbonyl (C=O) groups excluding carboxylic acids is 1. The van der Waals surface area contributed by atoms with Crippen LogP contribution in [-0.4, -0.2) is 28.3 Å². The monoisotopic (exact) mass is 453 g/mol. The predicted molar refractivity (Wildman–Crippen MR) is 125 cm³/mol. The SMILES string of the molecule is COc1ccc(C2=C(c3ccc(CS(=O)O)cc3)CN(c3ccccc3Cl)C2=O)cc1. The summed E-state index contributed by atoms with van der Waals surface area (Å²) < 4.78 is 25.5. The Kier molecular flexibility index (Phi) is 6.23. The molecule has 158 valence electrons. The molecule has 5 nitrogen and oxygen atoms in total. The Hall–Kier alpha value is -2.93. The second-order valence-electron chi connectivity index (χ2n) is 7.09. The van der Waals surface area contributed by atoms with Crippen LogP contribution in [-0.2, 0) is 21.6 Å². The van der Waals surface area contributed by atoms with E-state index in [1.165, 1.54) is 0 Å². The zero-order chi connectivity index (χ0) is 22.0. The molecule has 4 rings (SSSR count). The standard InChI is InChI=1S/C24H20ClNO4S/c1-30-19-12-10-18(11-13-19)23-20(17-8-6-16(7-9-17)15-31(28)29)14-26(24(23)27)22-5-3-2-4-21(22)25/h2-13H,14-15H2,1H3,(H,28,29). The topological polar surface area (TPSA) is 66.8 Å². The van der Waals surface area contributed by atoms with Crippen molar-refractivity contribution >= 4 is 45.4 Å². The molecule has 3 aromatic rings. The van der Waals surface area contributed by atoms with Gasteiger partial charge in [0.15, 0.2) is 11.1 Å². The Balaban J connectivity index is 1.79. The quantitative estimate of drug-likeness (QED) is 0.532. The fourth-order valence-corrected chi connectivity index (χ4v) is 4.39. The van der Waals surface area contributed by atoms with Crippen molar-refractivity contribution in [3.8, 4) is 5.75 Å². The van der Waals surface area contributed by atoms with Gasteiger partial charge in [-0.2, -0.15) is 0 Å². The van der Waals surface area contributed by atoms with Crippen molar-refractivity contribution in [3.63, 3.8) is 0 Å². The maximum absolute atomic E-state index is 13.5. The van der Waals surface area contributed by atoms with E-state index in [1.54, 1.807) is 18.1 Å². The highest BCUT2D eigenvalue weighted by Crippen LogP contribution is 2.39. The number of methoxy groups -OCH3 is 1. The summed E-state index contributed by atoms with van der Waals surface area (Å²) in [5.74, 6) is 0.643. The van der Waals surface area contributed by atoms with E-state index in [1.807, 2.05) is 66.7 Å². The van der Waals surface area contributed by atoms with Crippen LogP contribution in [0.15, 0.2) is 72.8 Å². The number of nitrogens with zero attached hydrogens (tertiary/aromatic N) is 1. The first-order valence-electron chi connectivity index (χ1n) is 9.58. The normalized spacial score (nSPS) is 14.8. The first-order chi connectivity index (χ1) is 15.0. The molecular formula is C24H20ClNO4S. The number of benzene rings is 3. The molecule has 1 amide bonds. The fraction of sp³-hybridized carbons (Fsp3) is 0.125. The third-order valence-corrected chi connectivity index (χ3v) is 6.09. The Morgan fingerprint density at radius 3 is 2.26 bits per heavy atom. The fourth-order valence-electron chi connectivity index (χ4n) is 3.67. The molecule has 3 aromatic carbocycles. The van der Waals surface area contributed by atoms with Gasteiger partial charge >= 0.3 is 0 Å². The van der Waals surface area contributed by atoms with Gasteiger partial charge in [-0.1, -0.05) is 60.1 Å². The second kappa shape index (κ2) is 9.06. The third-order valence-electron chi connectivity index (χ3n) is 5.19. The maximum Gasteiger partial charge on any atom is 0.259 e. The molecular weight excluding hydrogens is 434 g/mol. The summed E-state index contributed by atoms with van der Waals surface area (Å²) in [5, 5.41) is 0.506. The van der Waals surface area contributed by atoms with Crippen LogP contribution in [0.4, 0.5) is 5.69 Å². The van der Waals surface area contributed by atoms with Gasteiger partial charge in [-0.15, -0.1) is 0 Å². The smallest absolute Gasteiger partial charge is 0.259 e. The highest BCUT2D eigenvalue weighted by atomic mass is 35.5. The van der Waals surface area contributed by atoms with Gasteiger partial charge in [0.1, 0.15) is 5.75 Å². The first-order valence-corrected chi connectivity index (χ1v) is 11.2. The molecule has 1 aliphatic heterocycles. The Morgan fingerprint density at radius 1 is 1.00 bits per heavy atom. The zero-order valence-corrected chi connectivity index (χ0v) is 18.3. The number of halogens is 1. The first kappa shape index (κ1) is 21.3. The highest BCUT2D eigenvalue weighted by molar-refractivity contribution is 7.78. The minimum atomic E-state index is -1.90. The van der Waals surface area contributed by atoms with E-state index in [9.17, 15) is 9.00 Å². The van der Waals surface area contributed by atoms with Crippen molar-refractivity contribution in [1.82, 2.24) is 0 Å². The van der Waals surface area contributed by atoms with Crippen molar-refractivity contribution < 1.29 is 18.3 Å². The molecule has 0 fully saturated rings. The summed E-state index contributed by atoms with van der Waals surface area (Å²) in [7, 11) is 1.60. The summed E-state index contributed by atoms with van der Waals surface area (Å²) in [6.07, 6.45) is 0. The van der Waals surface area contributed by atoms with Crippen LogP contribution in [0, 0.1) is 0 Å². The van der Waals surface area contributed by atoms with Crippen molar-refractivity contribution in [2.75, 3.05) is 18.6 Å². The van der Waals surface area contributed by atoms with E-state index in [4.69, 9.17) is 20.9 Å². The van der Waals surface area contributed by atoms with E-state index in [-0.39, 0.29) is 11.7 Å². The van der Waals surface area contributed by atoms with Gasteiger partial charge in [0.25, 0.3) is 5.91 Å². The Labute approximate surface area is 188 Å². The third kappa shape index (κ3) is 4.42. The summed E-state index contributed by atoms with van der Waals surface area (Å²) in [6.45, 7) is 0.370. The lowest BCUT2D eigenvalue weighted by molar-refractivity contribution is -0.112. The molecule has 0 saturated carbocycles. The lowest BCUT2D eigenvalue weighted by atomic mass is 9.96. The Bertz CT molecular complexity index is 1170. The van der Waals surface area contributed by atoms with Crippen LogP contribution in [0.2, 0.25) is 5.02 Å². The zero-order valence-electron chi connectivity index (χ0n) is 16.7. The van der Waals surface area contributed by atoms with Crippen LogP contribution in [0.1, 0.15) is 16.7 Å². The van der Waals surface area contributed by atoms with Crippen LogP contribution < -0.4 is 9.64 Å². The molecule has 1 N–H and O–H groups in total. The molecule has 1 unspecified atom stereocenters. The molecule has 0 aliphatic carbocycles. The lowest BCUT2D eigenvalue weighted by Gasteiger charge is -2.18. The van der Waals surface area contributed by atoms with Crippen LogP contribution in [0.5, 0.6) is 5.75 Å². The summed E-state index contributed by atoms with van der Waals surface area (Å²) in [5.41, 5.74) is 4.54. The molecule has 0 bridgehead atoms. The van der Waals surface area contributed by atoms with Gasteiger partial charge in [-0.3, -0.25) is 4.79 Å². The van der Waals surface area contributed by atoms with Crippen molar-refractivity contribution in [2.24, 2.45) is 0 Å². The van der Waals surface area contributed by atoms with Crippen LogP contribution in [0.3, 0.4) is 0 Å². The van der Waals surface area contributed by atoms with Gasteiger partial charge in [-0.25, -0.2) is 4.21 Å². The largest absolute Gasteiger partial charge is 0.497 e. The van der Waals surface area contributed by atoms with E-state index < -0.39 is 11.1 Å². The molecule has 0 aromatic heterocycles.